The smallest absolute Gasteiger partial charge is 0.416 e. The number of hydroxylamine groups is 1. The van der Waals surface area contributed by atoms with Crippen molar-refractivity contribution in [3.8, 4) is 17.2 Å². The van der Waals surface area contributed by atoms with Gasteiger partial charge in [0.15, 0.2) is 11.5 Å². The molecule has 178 valence electrons. The first-order chi connectivity index (χ1) is 15.6. The van der Waals surface area contributed by atoms with Crippen LogP contribution in [0.15, 0.2) is 41.3 Å². The summed E-state index contributed by atoms with van der Waals surface area (Å²) in [7, 11) is -4.14. The molecule has 13 heteroatoms. The fourth-order valence-electron chi connectivity index (χ4n) is 3.68. The zero-order valence-corrected chi connectivity index (χ0v) is 17.8. The quantitative estimate of drug-likeness (QED) is 0.491. The third-order valence-corrected chi connectivity index (χ3v) is 7.27. The zero-order chi connectivity index (χ0) is 23.8. The standard InChI is InChI=1S/C20H19F3N2O7S/c21-20(22,23)12-1-3-13(4-2-12)32-14-7-9-25(10-8-14)33(28,29)16-6-5-15-18(31-11-30-15)17(16)19(26)24-27/h1-6,14,27H,7-11H2,(H,24,26). The Morgan fingerprint density at radius 2 is 1.76 bits per heavy atom. The van der Waals surface area contributed by atoms with Crippen molar-refractivity contribution in [1.29, 1.82) is 0 Å². The highest BCUT2D eigenvalue weighted by Crippen LogP contribution is 2.40. The second-order valence-corrected chi connectivity index (χ2v) is 9.26. The lowest BCUT2D eigenvalue weighted by molar-refractivity contribution is -0.137. The van der Waals surface area contributed by atoms with Gasteiger partial charge < -0.3 is 14.2 Å². The molecule has 0 spiro atoms. The van der Waals surface area contributed by atoms with E-state index >= 15 is 0 Å². The Kier molecular flexibility index (Phi) is 6.12. The van der Waals surface area contributed by atoms with Gasteiger partial charge in [0, 0.05) is 13.1 Å². The molecule has 0 unspecified atom stereocenters. The number of sulfonamides is 1. The number of hydrogen-bond acceptors (Lipinski definition) is 7. The van der Waals surface area contributed by atoms with E-state index in [1.165, 1.54) is 34.1 Å². The highest BCUT2D eigenvalue weighted by molar-refractivity contribution is 7.89. The van der Waals surface area contributed by atoms with Crippen molar-refractivity contribution >= 4 is 15.9 Å². The molecule has 0 aromatic heterocycles. The molecule has 2 aliphatic rings. The molecule has 33 heavy (non-hydrogen) atoms. The van der Waals surface area contributed by atoms with Crippen LogP contribution in [0.3, 0.4) is 0 Å². The van der Waals surface area contributed by atoms with Gasteiger partial charge in [-0.2, -0.15) is 17.5 Å². The van der Waals surface area contributed by atoms with Gasteiger partial charge in [-0.1, -0.05) is 0 Å². The number of alkyl halides is 3. The summed E-state index contributed by atoms with van der Waals surface area (Å²) in [5.74, 6) is -0.710. The van der Waals surface area contributed by atoms with Crippen LogP contribution in [0.1, 0.15) is 28.8 Å². The topological polar surface area (TPSA) is 114 Å². The maximum atomic E-state index is 13.2. The second-order valence-electron chi connectivity index (χ2n) is 7.36. The Bertz CT molecular complexity index is 1150. The van der Waals surface area contributed by atoms with Crippen molar-refractivity contribution in [2.45, 2.75) is 30.0 Å². The van der Waals surface area contributed by atoms with Gasteiger partial charge in [-0.3, -0.25) is 10.0 Å². The van der Waals surface area contributed by atoms with Crippen LogP contribution in [0.5, 0.6) is 17.2 Å². The third kappa shape index (κ3) is 4.56. The Labute approximate surface area is 186 Å². The van der Waals surface area contributed by atoms with Crippen LogP contribution in [0.25, 0.3) is 0 Å². The first kappa shape index (κ1) is 23.1. The molecule has 2 aromatic rings. The molecule has 1 fully saturated rings. The number of fused-ring (bicyclic) bond motifs is 1. The van der Waals surface area contributed by atoms with Gasteiger partial charge in [0.25, 0.3) is 5.91 Å². The van der Waals surface area contributed by atoms with E-state index in [2.05, 4.69) is 0 Å². The van der Waals surface area contributed by atoms with Crippen LogP contribution in [0.2, 0.25) is 0 Å². The Hall–Kier alpha value is -3.03. The van der Waals surface area contributed by atoms with Gasteiger partial charge in [-0.15, -0.1) is 0 Å². The highest BCUT2D eigenvalue weighted by atomic mass is 32.2. The molecule has 2 aliphatic heterocycles. The SMILES string of the molecule is O=C(NO)c1c(S(=O)(=O)N2CCC(Oc3ccc(C(F)(F)F)cc3)CC2)ccc2c1OCO2. The summed E-state index contributed by atoms with van der Waals surface area (Å²) in [6.07, 6.45) is -4.28. The van der Waals surface area contributed by atoms with Gasteiger partial charge in [-0.25, -0.2) is 13.9 Å². The van der Waals surface area contributed by atoms with Crippen molar-refractivity contribution in [1.82, 2.24) is 9.79 Å². The van der Waals surface area contributed by atoms with E-state index in [1.807, 2.05) is 0 Å². The summed E-state index contributed by atoms with van der Waals surface area (Å²) < 4.78 is 81.8. The highest BCUT2D eigenvalue weighted by Gasteiger charge is 2.37. The fraction of sp³-hybridized carbons (Fsp3) is 0.350. The summed E-state index contributed by atoms with van der Waals surface area (Å²) in [6.45, 7) is -0.0816. The van der Waals surface area contributed by atoms with Gasteiger partial charge in [-0.05, 0) is 49.2 Å². The van der Waals surface area contributed by atoms with Crippen LogP contribution in [-0.2, 0) is 16.2 Å². The predicted octanol–water partition coefficient (Wildman–Crippen LogP) is 2.79. The molecule has 9 nitrogen and oxygen atoms in total. The average molecular weight is 488 g/mol. The Morgan fingerprint density at radius 1 is 1.09 bits per heavy atom. The van der Waals surface area contributed by atoms with Crippen LogP contribution in [-0.4, -0.2) is 49.8 Å². The lowest BCUT2D eigenvalue weighted by atomic mass is 10.1. The minimum Gasteiger partial charge on any atom is -0.490 e. The van der Waals surface area contributed by atoms with Crippen LogP contribution < -0.4 is 19.7 Å². The van der Waals surface area contributed by atoms with Gasteiger partial charge in [0.1, 0.15) is 17.4 Å². The van der Waals surface area contributed by atoms with Crippen molar-refractivity contribution in [3.63, 3.8) is 0 Å². The molecule has 0 bridgehead atoms. The summed E-state index contributed by atoms with van der Waals surface area (Å²) >= 11 is 0. The normalized spacial score (nSPS) is 17.1. The average Bonchev–Trinajstić information content (AvgIpc) is 3.27. The summed E-state index contributed by atoms with van der Waals surface area (Å²) in [5, 5.41) is 9.07. The first-order valence-electron chi connectivity index (χ1n) is 9.82. The van der Waals surface area contributed by atoms with E-state index in [4.69, 9.17) is 19.4 Å². The number of rotatable bonds is 5. The zero-order valence-electron chi connectivity index (χ0n) is 17.0. The van der Waals surface area contributed by atoms with E-state index in [0.717, 1.165) is 12.1 Å². The predicted molar refractivity (Wildman–Crippen MR) is 106 cm³/mol. The molecule has 0 atom stereocenters. The third-order valence-electron chi connectivity index (χ3n) is 5.33. The number of ether oxygens (including phenoxy) is 3. The number of piperidine rings is 1. The monoisotopic (exact) mass is 488 g/mol. The molecule has 1 saturated heterocycles. The lowest BCUT2D eigenvalue weighted by Crippen LogP contribution is -2.42. The number of benzene rings is 2. The van der Waals surface area contributed by atoms with Crippen LogP contribution >= 0.6 is 0 Å². The van der Waals surface area contributed by atoms with E-state index in [1.54, 1.807) is 0 Å². The number of carbonyl (C=O) groups excluding carboxylic acids is 1. The number of hydrogen-bond donors (Lipinski definition) is 2. The molecule has 2 N–H and O–H groups in total. The minimum absolute atomic E-state index is 0.0578. The first-order valence-corrected chi connectivity index (χ1v) is 11.3. The lowest BCUT2D eigenvalue weighted by Gasteiger charge is -2.31. The number of amides is 1. The molecule has 4 rings (SSSR count). The maximum Gasteiger partial charge on any atom is 0.416 e. The van der Waals surface area contributed by atoms with Gasteiger partial charge in [0.2, 0.25) is 16.8 Å². The van der Waals surface area contributed by atoms with E-state index in [9.17, 15) is 26.4 Å². The summed E-state index contributed by atoms with van der Waals surface area (Å²) in [4.78, 5) is 11.8. The summed E-state index contributed by atoms with van der Waals surface area (Å²) in [5.41, 5.74) is 0.271. The van der Waals surface area contributed by atoms with Crippen molar-refractivity contribution in [2.75, 3.05) is 19.9 Å². The second kappa shape index (κ2) is 8.72. The van der Waals surface area contributed by atoms with Gasteiger partial charge >= 0.3 is 6.18 Å². The fourth-order valence-corrected chi connectivity index (χ4v) is 5.34. The molecular weight excluding hydrogens is 469 g/mol. The van der Waals surface area contributed by atoms with E-state index in [0.29, 0.717) is 0 Å². The number of carbonyl (C=O) groups is 1. The number of halogens is 3. The number of nitrogens with one attached hydrogen (secondary N) is 1. The number of nitrogens with zero attached hydrogens (tertiary/aromatic N) is 1. The molecule has 0 aliphatic carbocycles. The van der Waals surface area contributed by atoms with Crippen molar-refractivity contribution < 1.29 is 45.8 Å². The summed E-state index contributed by atoms with van der Waals surface area (Å²) in [6, 6.07) is 6.85. The molecule has 2 aromatic carbocycles. The molecule has 1 amide bonds. The Balaban J connectivity index is 1.47. The maximum absolute atomic E-state index is 13.2. The largest absolute Gasteiger partial charge is 0.490 e. The van der Waals surface area contributed by atoms with E-state index < -0.39 is 33.8 Å². The van der Waals surface area contributed by atoms with Crippen molar-refractivity contribution in [2.24, 2.45) is 0 Å². The van der Waals surface area contributed by atoms with Crippen LogP contribution in [0.4, 0.5) is 13.2 Å². The molecular formula is C20H19F3N2O7S. The van der Waals surface area contributed by atoms with E-state index in [-0.39, 0.29) is 60.4 Å². The Morgan fingerprint density at radius 3 is 2.36 bits per heavy atom. The molecule has 2 heterocycles. The molecule has 0 saturated carbocycles. The minimum atomic E-state index is -4.45. The van der Waals surface area contributed by atoms with Crippen molar-refractivity contribution in [3.05, 3.63) is 47.5 Å². The molecule has 0 radical (unpaired) electrons. The van der Waals surface area contributed by atoms with Crippen LogP contribution in [0, 0.1) is 0 Å². The van der Waals surface area contributed by atoms with Gasteiger partial charge in [0.05, 0.1) is 10.5 Å².